The summed E-state index contributed by atoms with van der Waals surface area (Å²) in [4.78, 5) is 10.9. The molecule has 5 heteroatoms. The van der Waals surface area contributed by atoms with E-state index in [0.717, 1.165) is 0 Å². The van der Waals surface area contributed by atoms with Crippen LogP contribution in [-0.2, 0) is 16.9 Å². The summed E-state index contributed by atoms with van der Waals surface area (Å²) in [5.74, 6) is 0.107. The Bertz CT molecular complexity index is 482. The lowest BCUT2D eigenvalue weighted by molar-refractivity contribution is -0.138. The van der Waals surface area contributed by atoms with Crippen LogP contribution < -0.4 is 9.47 Å². The lowest BCUT2D eigenvalue weighted by Crippen LogP contribution is -2.22. The highest BCUT2D eigenvalue weighted by atomic mass is 19.1. The van der Waals surface area contributed by atoms with Gasteiger partial charge in [-0.2, -0.15) is 0 Å². The number of ether oxygens (including phenoxy) is 2. The van der Waals surface area contributed by atoms with E-state index in [-0.39, 0.29) is 13.2 Å². The average molecular weight is 254 g/mol. The number of hydrogen-bond donors (Lipinski definition) is 1. The van der Waals surface area contributed by atoms with Crippen LogP contribution in [0.1, 0.15) is 31.4 Å². The molecule has 0 fully saturated rings. The first-order valence-electron chi connectivity index (χ1n) is 5.65. The zero-order chi connectivity index (χ0) is 13.3. The number of fused-ring (bicyclic) bond motifs is 1. The summed E-state index contributed by atoms with van der Waals surface area (Å²) in [6.45, 7) is 3.05. The molecule has 1 heterocycles. The minimum atomic E-state index is -0.904. The predicted octanol–water partition coefficient (Wildman–Crippen LogP) is 2.64. The smallest absolute Gasteiger partial charge is 0.304 e. The van der Waals surface area contributed by atoms with Crippen molar-refractivity contribution >= 4 is 5.97 Å². The molecule has 0 radical (unpaired) electrons. The van der Waals surface area contributed by atoms with Crippen LogP contribution in [0.3, 0.4) is 0 Å². The Morgan fingerprint density at radius 1 is 1.44 bits per heavy atom. The highest BCUT2D eigenvalue weighted by molar-refractivity contribution is 5.70. The molecule has 2 rings (SSSR count). The van der Waals surface area contributed by atoms with Gasteiger partial charge in [0.15, 0.2) is 11.5 Å². The number of carboxylic acid groups (broad SMARTS) is 1. The molecular weight excluding hydrogens is 239 g/mol. The number of aliphatic carboxylic acids is 1. The molecule has 0 spiro atoms. The van der Waals surface area contributed by atoms with Crippen LogP contribution in [0.25, 0.3) is 0 Å². The first-order valence-corrected chi connectivity index (χ1v) is 5.65. The molecule has 98 valence electrons. The molecule has 0 saturated heterocycles. The molecule has 0 atom stereocenters. The molecule has 4 nitrogen and oxygen atoms in total. The van der Waals surface area contributed by atoms with Crippen molar-refractivity contribution < 1.29 is 23.8 Å². The second-order valence-corrected chi connectivity index (χ2v) is 4.97. The summed E-state index contributed by atoms with van der Waals surface area (Å²) >= 11 is 0. The van der Waals surface area contributed by atoms with Gasteiger partial charge < -0.3 is 14.6 Å². The Morgan fingerprint density at radius 3 is 2.78 bits per heavy atom. The maximum absolute atomic E-state index is 12.8. The van der Waals surface area contributed by atoms with E-state index in [1.807, 2.05) is 0 Å². The van der Waals surface area contributed by atoms with E-state index in [1.165, 1.54) is 0 Å². The molecule has 1 N–H and O–H groups in total. The third-order valence-electron chi connectivity index (χ3n) is 3.01. The fourth-order valence-electron chi connectivity index (χ4n) is 2.12. The van der Waals surface area contributed by atoms with Gasteiger partial charge in [0.05, 0.1) is 6.42 Å². The minimum Gasteiger partial charge on any atom is -0.481 e. The SMILES string of the molecule is CC(C)(CC(=O)O)c1cc(CF)cc2c1OCO2. The maximum atomic E-state index is 12.8. The maximum Gasteiger partial charge on any atom is 0.304 e. The second kappa shape index (κ2) is 4.48. The topological polar surface area (TPSA) is 55.8 Å². The molecular formula is C13H15FO4. The molecule has 0 amide bonds. The number of carbonyl (C=O) groups is 1. The van der Waals surface area contributed by atoms with Crippen molar-refractivity contribution in [1.29, 1.82) is 0 Å². The summed E-state index contributed by atoms with van der Waals surface area (Å²) in [5, 5.41) is 8.94. The molecule has 0 saturated carbocycles. The van der Waals surface area contributed by atoms with Crippen LogP contribution in [-0.4, -0.2) is 17.9 Å². The third-order valence-corrected chi connectivity index (χ3v) is 3.01. The van der Waals surface area contributed by atoms with E-state index in [4.69, 9.17) is 14.6 Å². The number of carboxylic acids is 1. The van der Waals surface area contributed by atoms with Crippen molar-refractivity contribution in [3.05, 3.63) is 23.3 Å². The van der Waals surface area contributed by atoms with E-state index >= 15 is 0 Å². The van der Waals surface area contributed by atoms with Gasteiger partial charge in [-0.25, -0.2) is 4.39 Å². The Morgan fingerprint density at radius 2 is 2.17 bits per heavy atom. The lowest BCUT2D eigenvalue weighted by Gasteiger charge is -2.25. The molecule has 0 aromatic heterocycles. The Balaban J connectivity index is 2.49. The lowest BCUT2D eigenvalue weighted by atomic mass is 9.80. The van der Waals surface area contributed by atoms with Crippen LogP contribution in [0, 0.1) is 0 Å². The molecule has 1 aromatic rings. The Hall–Kier alpha value is -1.78. The first kappa shape index (κ1) is 12.7. The van der Waals surface area contributed by atoms with E-state index < -0.39 is 18.1 Å². The first-order chi connectivity index (χ1) is 8.44. The normalized spacial score (nSPS) is 13.7. The Labute approximate surface area is 104 Å². The van der Waals surface area contributed by atoms with Gasteiger partial charge in [-0.3, -0.25) is 4.79 Å². The number of hydrogen-bond acceptors (Lipinski definition) is 3. The monoisotopic (exact) mass is 254 g/mol. The van der Waals surface area contributed by atoms with Crippen LogP contribution in [0.5, 0.6) is 11.5 Å². The summed E-state index contributed by atoms with van der Waals surface area (Å²) in [5.41, 5.74) is 0.495. The van der Waals surface area contributed by atoms with Crippen LogP contribution in [0.4, 0.5) is 4.39 Å². The van der Waals surface area contributed by atoms with Crippen molar-refractivity contribution in [1.82, 2.24) is 0 Å². The highest BCUT2D eigenvalue weighted by Crippen LogP contribution is 2.44. The number of halogens is 1. The number of benzene rings is 1. The molecule has 0 aliphatic carbocycles. The van der Waals surface area contributed by atoms with Gasteiger partial charge in [0.1, 0.15) is 6.67 Å². The summed E-state index contributed by atoms with van der Waals surface area (Å²) in [7, 11) is 0. The molecule has 0 bridgehead atoms. The van der Waals surface area contributed by atoms with Crippen molar-refractivity contribution in [2.75, 3.05) is 6.79 Å². The van der Waals surface area contributed by atoms with Gasteiger partial charge >= 0.3 is 5.97 Å². The predicted molar refractivity (Wildman–Crippen MR) is 62.7 cm³/mol. The van der Waals surface area contributed by atoms with Crippen molar-refractivity contribution in [3.8, 4) is 11.5 Å². The fourth-order valence-corrected chi connectivity index (χ4v) is 2.12. The van der Waals surface area contributed by atoms with Gasteiger partial charge in [0.25, 0.3) is 0 Å². The number of rotatable bonds is 4. The van der Waals surface area contributed by atoms with Crippen LogP contribution in [0.15, 0.2) is 12.1 Å². The van der Waals surface area contributed by atoms with Gasteiger partial charge in [-0.05, 0) is 17.7 Å². The largest absolute Gasteiger partial charge is 0.481 e. The molecule has 1 aromatic carbocycles. The van der Waals surface area contributed by atoms with Gasteiger partial charge in [-0.1, -0.05) is 13.8 Å². The quantitative estimate of drug-likeness (QED) is 0.897. The zero-order valence-electron chi connectivity index (χ0n) is 10.3. The second-order valence-electron chi connectivity index (χ2n) is 4.97. The molecule has 0 unspecified atom stereocenters. The van der Waals surface area contributed by atoms with E-state index in [0.29, 0.717) is 22.6 Å². The summed E-state index contributed by atoms with van der Waals surface area (Å²) in [6.07, 6.45) is -0.0570. The fraction of sp³-hybridized carbons (Fsp3) is 0.462. The third kappa shape index (κ3) is 2.25. The van der Waals surface area contributed by atoms with Gasteiger partial charge in [-0.15, -0.1) is 0 Å². The van der Waals surface area contributed by atoms with Crippen molar-refractivity contribution in [2.24, 2.45) is 0 Å². The molecule has 18 heavy (non-hydrogen) atoms. The minimum absolute atomic E-state index is 0.0570. The van der Waals surface area contributed by atoms with Crippen LogP contribution in [0.2, 0.25) is 0 Å². The van der Waals surface area contributed by atoms with Crippen LogP contribution >= 0.6 is 0 Å². The molecule has 1 aliphatic rings. The molecule has 1 aliphatic heterocycles. The van der Waals surface area contributed by atoms with Crippen molar-refractivity contribution in [3.63, 3.8) is 0 Å². The van der Waals surface area contributed by atoms with E-state index in [9.17, 15) is 9.18 Å². The standard InChI is InChI=1S/C13H15FO4/c1-13(2,5-11(15)16)9-3-8(6-14)4-10-12(9)18-7-17-10/h3-4H,5-7H2,1-2H3,(H,15,16). The summed E-state index contributed by atoms with van der Waals surface area (Å²) in [6, 6.07) is 3.24. The summed E-state index contributed by atoms with van der Waals surface area (Å²) < 4.78 is 23.4. The van der Waals surface area contributed by atoms with E-state index in [1.54, 1.807) is 26.0 Å². The van der Waals surface area contributed by atoms with Crippen molar-refractivity contribution in [2.45, 2.75) is 32.4 Å². The number of alkyl halides is 1. The van der Waals surface area contributed by atoms with Gasteiger partial charge in [0.2, 0.25) is 6.79 Å². The zero-order valence-corrected chi connectivity index (χ0v) is 10.3. The Kier molecular flexibility index (Phi) is 3.15. The van der Waals surface area contributed by atoms with E-state index in [2.05, 4.69) is 0 Å². The average Bonchev–Trinajstić information content (AvgIpc) is 2.73. The van der Waals surface area contributed by atoms with Gasteiger partial charge in [0, 0.05) is 11.0 Å². The highest BCUT2D eigenvalue weighted by Gasteiger charge is 2.32.